The van der Waals surface area contributed by atoms with Gasteiger partial charge in [0.1, 0.15) is 0 Å². The molecule has 3 nitrogen and oxygen atoms in total. The fourth-order valence-electron chi connectivity index (χ4n) is 5.11. The first kappa shape index (κ1) is 12.3. The molecule has 0 spiro atoms. The highest BCUT2D eigenvalue weighted by atomic mass is 16.6. The maximum absolute atomic E-state index is 12.0. The third-order valence-electron chi connectivity index (χ3n) is 5.27. The number of ether oxygens (including phenoxy) is 1. The van der Waals surface area contributed by atoms with E-state index in [2.05, 4.69) is 12.2 Å². The second-order valence-electron chi connectivity index (χ2n) is 7.19. The monoisotopic (exact) mass is 251 g/mol. The molecule has 0 aromatic rings. The molecule has 0 saturated heterocycles. The highest BCUT2D eigenvalue weighted by Crippen LogP contribution is 2.60. The van der Waals surface area contributed by atoms with Gasteiger partial charge in [0.05, 0.1) is 6.10 Å². The molecule has 3 heteroatoms. The molecule has 2 unspecified atom stereocenters. The van der Waals surface area contributed by atoms with Crippen molar-refractivity contribution in [2.24, 2.45) is 23.7 Å². The van der Waals surface area contributed by atoms with Crippen LogP contribution in [0.4, 0.5) is 4.79 Å². The SMILES string of the molecule is CC(C)OC(=O)NC12C[C@H](C)C[C@@H]3C[C@H](CC31)C2. The Kier molecular flexibility index (Phi) is 2.83. The summed E-state index contributed by atoms with van der Waals surface area (Å²) >= 11 is 0. The Morgan fingerprint density at radius 3 is 2.72 bits per heavy atom. The molecule has 0 heterocycles. The lowest BCUT2D eigenvalue weighted by Crippen LogP contribution is -2.57. The minimum absolute atomic E-state index is 0.0307. The van der Waals surface area contributed by atoms with Gasteiger partial charge in [0.2, 0.25) is 0 Å². The highest BCUT2D eigenvalue weighted by Gasteiger charge is 2.59. The molecule has 102 valence electrons. The number of hydrogen-bond donors (Lipinski definition) is 1. The molecule has 0 aliphatic heterocycles. The van der Waals surface area contributed by atoms with Crippen LogP contribution >= 0.6 is 0 Å². The quantitative estimate of drug-likeness (QED) is 0.817. The Morgan fingerprint density at radius 1 is 1.28 bits per heavy atom. The van der Waals surface area contributed by atoms with Gasteiger partial charge in [-0.2, -0.15) is 0 Å². The molecule has 0 radical (unpaired) electrons. The molecular weight excluding hydrogens is 226 g/mol. The zero-order valence-corrected chi connectivity index (χ0v) is 11.7. The summed E-state index contributed by atoms with van der Waals surface area (Å²) in [5.74, 6) is 3.17. The largest absolute Gasteiger partial charge is 0.447 e. The van der Waals surface area contributed by atoms with Gasteiger partial charge in [-0.3, -0.25) is 0 Å². The summed E-state index contributed by atoms with van der Waals surface area (Å²) in [6.45, 7) is 6.15. The molecule has 2 bridgehead atoms. The molecule has 5 atom stereocenters. The minimum Gasteiger partial charge on any atom is -0.447 e. The van der Waals surface area contributed by atoms with Gasteiger partial charge in [0.15, 0.2) is 0 Å². The predicted octanol–water partition coefficient (Wildman–Crippen LogP) is 3.34. The average Bonchev–Trinajstić information content (AvgIpc) is 2.70. The van der Waals surface area contributed by atoms with Gasteiger partial charge in [0, 0.05) is 5.54 Å². The molecule has 3 aliphatic carbocycles. The molecule has 3 fully saturated rings. The van der Waals surface area contributed by atoms with Gasteiger partial charge in [-0.25, -0.2) is 4.79 Å². The number of nitrogens with one attached hydrogen (secondary N) is 1. The van der Waals surface area contributed by atoms with Crippen molar-refractivity contribution < 1.29 is 9.53 Å². The molecule has 0 aromatic carbocycles. The van der Waals surface area contributed by atoms with Crippen LogP contribution < -0.4 is 5.32 Å². The highest BCUT2D eigenvalue weighted by molar-refractivity contribution is 5.68. The number of fused-ring (bicyclic) bond motifs is 1. The summed E-state index contributed by atoms with van der Waals surface area (Å²) in [5, 5.41) is 3.26. The Hall–Kier alpha value is -0.730. The van der Waals surface area contributed by atoms with E-state index in [1.165, 1.54) is 25.7 Å². The van der Waals surface area contributed by atoms with Crippen LogP contribution in [0.2, 0.25) is 0 Å². The first-order valence-electron chi connectivity index (χ1n) is 7.47. The molecule has 18 heavy (non-hydrogen) atoms. The van der Waals surface area contributed by atoms with Gasteiger partial charge >= 0.3 is 6.09 Å². The topological polar surface area (TPSA) is 38.3 Å². The summed E-state index contributed by atoms with van der Waals surface area (Å²) in [5.41, 5.74) is 0.0667. The number of hydrogen-bond acceptors (Lipinski definition) is 2. The Labute approximate surface area is 110 Å². The normalized spacial score (nSPS) is 45.3. The van der Waals surface area contributed by atoms with Crippen LogP contribution in [-0.4, -0.2) is 17.7 Å². The Balaban J connectivity index is 1.74. The van der Waals surface area contributed by atoms with E-state index < -0.39 is 0 Å². The number of amides is 1. The summed E-state index contributed by atoms with van der Waals surface area (Å²) in [7, 11) is 0. The molecule has 1 amide bonds. The zero-order valence-electron chi connectivity index (χ0n) is 11.7. The van der Waals surface area contributed by atoms with Gasteiger partial charge in [-0.1, -0.05) is 6.92 Å². The first-order valence-corrected chi connectivity index (χ1v) is 7.47. The van der Waals surface area contributed by atoms with Gasteiger partial charge in [-0.15, -0.1) is 0 Å². The number of rotatable bonds is 2. The lowest BCUT2D eigenvalue weighted by atomic mass is 9.63. The minimum atomic E-state index is -0.203. The lowest BCUT2D eigenvalue weighted by Gasteiger charge is -2.48. The van der Waals surface area contributed by atoms with Crippen molar-refractivity contribution in [3.63, 3.8) is 0 Å². The number of carbonyl (C=O) groups excluding carboxylic acids is 1. The number of alkyl carbamates (subject to hydrolysis) is 1. The predicted molar refractivity (Wildman–Crippen MR) is 70.2 cm³/mol. The number of carbonyl (C=O) groups is 1. The first-order chi connectivity index (χ1) is 8.48. The molecular formula is C15H25NO2. The van der Waals surface area contributed by atoms with E-state index in [4.69, 9.17) is 4.74 Å². The Bertz CT molecular complexity index is 354. The van der Waals surface area contributed by atoms with E-state index in [0.29, 0.717) is 0 Å². The van der Waals surface area contributed by atoms with Crippen molar-refractivity contribution in [1.29, 1.82) is 0 Å². The Morgan fingerprint density at radius 2 is 2.06 bits per heavy atom. The van der Waals surface area contributed by atoms with Crippen molar-refractivity contribution in [2.45, 2.75) is 64.5 Å². The van der Waals surface area contributed by atoms with E-state index >= 15 is 0 Å². The van der Waals surface area contributed by atoms with Crippen LogP contribution in [0.15, 0.2) is 0 Å². The second-order valence-corrected chi connectivity index (χ2v) is 7.19. The summed E-state index contributed by atoms with van der Waals surface area (Å²) in [6.07, 6.45) is 6.20. The second kappa shape index (κ2) is 4.14. The van der Waals surface area contributed by atoms with Crippen LogP contribution in [0.5, 0.6) is 0 Å². The molecule has 3 saturated carbocycles. The van der Waals surface area contributed by atoms with Crippen LogP contribution in [0, 0.1) is 23.7 Å². The van der Waals surface area contributed by atoms with Gasteiger partial charge in [0.25, 0.3) is 0 Å². The van der Waals surface area contributed by atoms with Crippen LogP contribution in [0.3, 0.4) is 0 Å². The van der Waals surface area contributed by atoms with Crippen LogP contribution in [0.25, 0.3) is 0 Å². The van der Waals surface area contributed by atoms with Gasteiger partial charge < -0.3 is 10.1 Å². The van der Waals surface area contributed by atoms with Crippen molar-refractivity contribution in [1.82, 2.24) is 5.32 Å². The summed E-state index contributed by atoms with van der Waals surface area (Å²) in [4.78, 5) is 12.0. The maximum Gasteiger partial charge on any atom is 0.407 e. The standard InChI is InChI=1S/C15H25NO2/c1-9(2)18-14(17)16-15-7-10(3)4-12-5-11(8-15)6-13(12)15/h9-13H,4-8H2,1-3H3,(H,16,17)/t10-,11-,12-,13?,15?/m1/s1. The zero-order chi connectivity index (χ0) is 12.9. The fourth-order valence-corrected chi connectivity index (χ4v) is 5.11. The van der Waals surface area contributed by atoms with E-state index in [1.807, 2.05) is 13.8 Å². The van der Waals surface area contributed by atoms with Crippen molar-refractivity contribution in [2.75, 3.05) is 0 Å². The van der Waals surface area contributed by atoms with E-state index in [-0.39, 0.29) is 17.7 Å². The maximum atomic E-state index is 12.0. The van der Waals surface area contributed by atoms with Gasteiger partial charge in [-0.05, 0) is 69.6 Å². The molecule has 1 N–H and O–H groups in total. The van der Waals surface area contributed by atoms with Crippen molar-refractivity contribution >= 4 is 6.09 Å². The van der Waals surface area contributed by atoms with Crippen molar-refractivity contribution in [3.05, 3.63) is 0 Å². The average molecular weight is 251 g/mol. The van der Waals surface area contributed by atoms with Crippen LogP contribution in [-0.2, 0) is 4.74 Å². The fraction of sp³-hybridized carbons (Fsp3) is 0.933. The molecule has 3 aliphatic rings. The van der Waals surface area contributed by atoms with E-state index in [9.17, 15) is 4.79 Å². The lowest BCUT2D eigenvalue weighted by molar-refractivity contribution is 0.0447. The third-order valence-corrected chi connectivity index (χ3v) is 5.27. The summed E-state index contributed by atoms with van der Waals surface area (Å²) in [6, 6.07) is 0. The van der Waals surface area contributed by atoms with Crippen molar-refractivity contribution in [3.8, 4) is 0 Å². The van der Waals surface area contributed by atoms with Crippen LogP contribution in [0.1, 0.15) is 52.9 Å². The third kappa shape index (κ3) is 1.92. The molecule has 0 aromatic heterocycles. The van der Waals surface area contributed by atoms with E-state index in [0.717, 1.165) is 30.1 Å². The summed E-state index contributed by atoms with van der Waals surface area (Å²) < 4.78 is 5.29. The smallest absolute Gasteiger partial charge is 0.407 e. The molecule has 3 rings (SSSR count). The van der Waals surface area contributed by atoms with E-state index in [1.54, 1.807) is 0 Å².